The summed E-state index contributed by atoms with van der Waals surface area (Å²) in [6.07, 6.45) is 0. The van der Waals surface area contributed by atoms with Crippen molar-refractivity contribution in [3.63, 3.8) is 0 Å². The first-order chi connectivity index (χ1) is 7.74. The molecule has 0 heterocycles. The number of alkyl halides is 1. The van der Waals surface area contributed by atoms with E-state index >= 15 is 0 Å². The van der Waals surface area contributed by atoms with E-state index in [1.165, 1.54) is 6.07 Å². The van der Waals surface area contributed by atoms with E-state index in [4.69, 9.17) is 34.8 Å². The van der Waals surface area contributed by atoms with Crippen molar-refractivity contribution < 1.29 is 4.79 Å². The lowest BCUT2D eigenvalue weighted by Crippen LogP contribution is -2.49. The van der Waals surface area contributed by atoms with Gasteiger partial charge in [0.1, 0.15) is 0 Å². The number of nitrogens with one attached hydrogen (secondary N) is 1. The van der Waals surface area contributed by atoms with Gasteiger partial charge < -0.3 is 5.32 Å². The number of amides is 1. The number of carbonyl (C=O) groups is 1. The van der Waals surface area contributed by atoms with E-state index in [1.54, 1.807) is 12.1 Å². The molecule has 94 valence electrons. The molecule has 17 heavy (non-hydrogen) atoms. The SMILES string of the molecule is CC(Cl)C(C)(C)NC(=O)c1ccc(Cl)cc1Cl. The van der Waals surface area contributed by atoms with Crippen LogP contribution < -0.4 is 5.32 Å². The van der Waals surface area contributed by atoms with Gasteiger partial charge in [-0.2, -0.15) is 0 Å². The Kier molecular flexibility index (Phi) is 4.70. The van der Waals surface area contributed by atoms with Crippen LogP contribution in [0.15, 0.2) is 18.2 Å². The zero-order valence-electron chi connectivity index (χ0n) is 9.85. The Labute approximate surface area is 116 Å². The van der Waals surface area contributed by atoms with Crippen LogP contribution in [0.25, 0.3) is 0 Å². The third-order valence-electron chi connectivity index (χ3n) is 2.61. The molecule has 1 rings (SSSR count). The van der Waals surface area contributed by atoms with Crippen molar-refractivity contribution in [2.24, 2.45) is 0 Å². The Balaban J connectivity index is 2.91. The first kappa shape index (κ1) is 14.6. The standard InChI is InChI=1S/C12H14Cl3NO/c1-7(13)12(2,3)16-11(17)9-5-4-8(14)6-10(9)15/h4-7H,1-3H3,(H,16,17). The maximum atomic E-state index is 12.0. The minimum absolute atomic E-state index is 0.197. The fourth-order valence-corrected chi connectivity index (χ4v) is 1.68. The Hall–Kier alpha value is -0.440. The number of rotatable bonds is 3. The highest BCUT2D eigenvalue weighted by molar-refractivity contribution is 6.36. The smallest absolute Gasteiger partial charge is 0.253 e. The largest absolute Gasteiger partial charge is 0.346 e. The summed E-state index contributed by atoms with van der Waals surface area (Å²) >= 11 is 17.7. The van der Waals surface area contributed by atoms with Gasteiger partial charge in [-0.15, -0.1) is 11.6 Å². The van der Waals surface area contributed by atoms with Crippen LogP contribution in [0.3, 0.4) is 0 Å². The summed E-state index contributed by atoms with van der Waals surface area (Å²) in [7, 11) is 0. The predicted octanol–water partition coefficient (Wildman–Crippen LogP) is 4.13. The molecule has 0 spiro atoms. The van der Waals surface area contributed by atoms with Crippen molar-refractivity contribution in [1.29, 1.82) is 0 Å². The second-order valence-electron chi connectivity index (χ2n) is 4.42. The Bertz CT molecular complexity index is 430. The molecule has 5 heteroatoms. The maximum absolute atomic E-state index is 12.0. The topological polar surface area (TPSA) is 29.1 Å². The van der Waals surface area contributed by atoms with Gasteiger partial charge in [-0.05, 0) is 39.0 Å². The number of halogens is 3. The molecule has 1 atom stereocenters. The van der Waals surface area contributed by atoms with E-state index in [0.29, 0.717) is 15.6 Å². The molecule has 0 radical (unpaired) electrons. The Morgan fingerprint density at radius 1 is 1.35 bits per heavy atom. The third kappa shape index (κ3) is 3.77. The second-order valence-corrected chi connectivity index (χ2v) is 5.91. The molecule has 1 amide bonds. The summed E-state index contributed by atoms with van der Waals surface area (Å²) in [6, 6.07) is 4.75. The van der Waals surface area contributed by atoms with Crippen LogP contribution in [0.2, 0.25) is 10.0 Å². The zero-order chi connectivity index (χ0) is 13.2. The molecule has 1 aromatic carbocycles. The molecular formula is C12H14Cl3NO. The summed E-state index contributed by atoms with van der Waals surface area (Å²) in [6.45, 7) is 5.53. The van der Waals surface area contributed by atoms with E-state index in [-0.39, 0.29) is 11.3 Å². The molecule has 0 aliphatic carbocycles. The molecule has 1 N–H and O–H groups in total. The van der Waals surface area contributed by atoms with Crippen LogP contribution in [0.5, 0.6) is 0 Å². The van der Waals surface area contributed by atoms with Crippen LogP contribution in [-0.4, -0.2) is 16.8 Å². The minimum atomic E-state index is -0.512. The molecule has 1 unspecified atom stereocenters. The zero-order valence-corrected chi connectivity index (χ0v) is 12.1. The molecule has 0 aliphatic heterocycles. The normalized spacial score (nSPS) is 13.3. The minimum Gasteiger partial charge on any atom is -0.346 e. The fraction of sp³-hybridized carbons (Fsp3) is 0.417. The highest BCUT2D eigenvalue weighted by Crippen LogP contribution is 2.22. The van der Waals surface area contributed by atoms with Gasteiger partial charge in [0.2, 0.25) is 0 Å². The van der Waals surface area contributed by atoms with Gasteiger partial charge in [-0.25, -0.2) is 0 Å². The Morgan fingerprint density at radius 3 is 2.41 bits per heavy atom. The van der Waals surface area contributed by atoms with E-state index < -0.39 is 5.54 Å². The number of benzene rings is 1. The van der Waals surface area contributed by atoms with Gasteiger partial charge in [0.05, 0.1) is 21.5 Å². The van der Waals surface area contributed by atoms with E-state index in [9.17, 15) is 4.79 Å². The predicted molar refractivity (Wildman–Crippen MR) is 73.3 cm³/mol. The van der Waals surface area contributed by atoms with Gasteiger partial charge >= 0.3 is 0 Å². The maximum Gasteiger partial charge on any atom is 0.253 e. The first-order valence-corrected chi connectivity index (χ1v) is 6.35. The molecule has 0 saturated heterocycles. The lowest BCUT2D eigenvalue weighted by Gasteiger charge is -2.29. The average molecular weight is 295 g/mol. The van der Waals surface area contributed by atoms with Crippen molar-refractivity contribution in [2.75, 3.05) is 0 Å². The van der Waals surface area contributed by atoms with E-state index in [1.807, 2.05) is 20.8 Å². The van der Waals surface area contributed by atoms with Gasteiger partial charge in [0.25, 0.3) is 5.91 Å². The van der Waals surface area contributed by atoms with Crippen LogP contribution in [0, 0.1) is 0 Å². The van der Waals surface area contributed by atoms with Crippen LogP contribution in [-0.2, 0) is 0 Å². The van der Waals surface area contributed by atoms with Crippen molar-refractivity contribution in [2.45, 2.75) is 31.7 Å². The number of carbonyl (C=O) groups excluding carboxylic acids is 1. The first-order valence-electron chi connectivity index (χ1n) is 5.15. The molecular weight excluding hydrogens is 280 g/mol. The van der Waals surface area contributed by atoms with Gasteiger partial charge in [0, 0.05) is 5.02 Å². The van der Waals surface area contributed by atoms with Crippen molar-refractivity contribution >= 4 is 40.7 Å². The molecule has 0 saturated carbocycles. The van der Waals surface area contributed by atoms with Crippen LogP contribution in [0.1, 0.15) is 31.1 Å². The summed E-state index contributed by atoms with van der Waals surface area (Å²) < 4.78 is 0. The highest BCUT2D eigenvalue weighted by atomic mass is 35.5. The van der Waals surface area contributed by atoms with Crippen molar-refractivity contribution in [3.8, 4) is 0 Å². The molecule has 0 aliphatic rings. The third-order valence-corrected chi connectivity index (χ3v) is 3.70. The second kappa shape index (κ2) is 5.47. The summed E-state index contributed by atoms with van der Waals surface area (Å²) in [5.74, 6) is -0.260. The van der Waals surface area contributed by atoms with Gasteiger partial charge in [-0.1, -0.05) is 23.2 Å². The quantitative estimate of drug-likeness (QED) is 0.835. The van der Waals surface area contributed by atoms with Crippen molar-refractivity contribution in [3.05, 3.63) is 33.8 Å². The monoisotopic (exact) mass is 293 g/mol. The van der Waals surface area contributed by atoms with Crippen LogP contribution >= 0.6 is 34.8 Å². The molecule has 2 nitrogen and oxygen atoms in total. The van der Waals surface area contributed by atoms with Crippen molar-refractivity contribution in [1.82, 2.24) is 5.32 Å². The van der Waals surface area contributed by atoms with E-state index in [0.717, 1.165) is 0 Å². The molecule has 0 aromatic heterocycles. The molecule has 0 fully saturated rings. The summed E-state index contributed by atoms with van der Waals surface area (Å²) in [5, 5.41) is 3.46. The fourth-order valence-electron chi connectivity index (χ4n) is 1.13. The molecule has 1 aromatic rings. The van der Waals surface area contributed by atoms with Gasteiger partial charge in [-0.3, -0.25) is 4.79 Å². The number of hydrogen-bond acceptors (Lipinski definition) is 1. The van der Waals surface area contributed by atoms with Crippen LogP contribution in [0.4, 0.5) is 0 Å². The number of hydrogen-bond donors (Lipinski definition) is 1. The summed E-state index contributed by atoms with van der Waals surface area (Å²) in [4.78, 5) is 12.0. The lowest BCUT2D eigenvalue weighted by atomic mass is 10.0. The lowest BCUT2D eigenvalue weighted by molar-refractivity contribution is 0.0912. The van der Waals surface area contributed by atoms with E-state index in [2.05, 4.69) is 5.32 Å². The highest BCUT2D eigenvalue weighted by Gasteiger charge is 2.27. The average Bonchev–Trinajstić information content (AvgIpc) is 2.15. The molecule has 0 bridgehead atoms. The Morgan fingerprint density at radius 2 is 1.94 bits per heavy atom. The van der Waals surface area contributed by atoms with Gasteiger partial charge in [0.15, 0.2) is 0 Å². The summed E-state index contributed by atoms with van der Waals surface area (Å²) in [5.41, 5.74) is -0.122.